The van der Waals surface area contributed by atoms with Gasteiger partial charge in [-0.25, -0.2) is 0 Å². The lowest BCUT2D eigenvalue weighted by Crippen LogP contribution is -2.25. The van der Waals surface area contributed by atoms with E-state index in [9.17, 15) is 9.59 Å². The van der Waals surface area contributed by atoms with Crippen molar-refractivity contribution in [2.45, 2.75) is 24.5 Å². The van der Waals surface area contributed by atoms with E-state index in [2.05, 4.69) is 43.7 Å². The number of hydrogen-bond acceptors (Lipinski definition) is 7. The normalized spacial score (nSPS) is 12.6. The van der Waals surface area contributed by atoms with Gasteiger partial charge in [-0.2, -0.15) is 0 Å². The molecule has 3 heterocycles. The Hall–Kier alpha value is -3.43. The van der Waals surface area contributed by atoms with Crippen LogP contribution < -0.4 is 10.1 Å². The van der Waals surface area contributed by atoms with Crippen molar-refractivity contribution in [2.24, 2.45) is 0 Å². The Balaban J connectivity index is 1.31. The number of thioether (sulfide) groups is 1. The molecule has 7 nitrogen and oxygen atoms in total. The highest BCUT2D eigenvalue weighted by molar-refractivity contribution is 7.99. The van der Waals surface area contributed by atoms with Crippen molar-refractivity contribution in [2.75, 3.05) is 17.7 Å². The first-order chi connectivity index (χ1) is 16.7. The van der Waals surface area contributed by atoms with Gasteiger partial charge in [0.25, 0.3) is 5.91 Å². The molecular formula is C25H22N4O3S2. The number of nitrogens with zero attached hydrogens (tertiary/aromatic N) is 3. The molecule has 0 radical (unpaired) electrons. The topological polar surface area (TPSA) is 86.1 Å². The van der Waals surface area contributed by atoms with Gasteiger partial charge < -0.3 is 14.6 Å². The molecule has 0 unspecified atom stereocenters. The first kappa shape index (κ1) is 22.4. The zero-order chi connectivity index (χ0) is 23.3. The van der Waals surface area contributed by atoms with Crippen molar-refractivity contribution in [3.63, 3.8) is 0 Å². The van der Waals surface area contributed by atoms with E-state index in [4.69, 9.17) is 4.74 Å². The summed E-state index contributed by atoms with van der Waals surface area (Å²) in [7, 11) is 0. The molecule has 34 heavy (non-hydrogen) atoms. The predicted octanol–water partition coefficient (Wildman–Crippen LogP) is 4.48. The Kier molecular flexibility index (Phi) is 6.73. The molecule has 0 bridgehead atoms. The van der Waals surface area contributed by atoms with E-state index in [1.54, 1.807) is 29.5 Å². The summed E-state index contributed by atoms with van der Waals surface area (Å²) >= 11 is 3.08. The number of hydrogen-bond donors (Lipinski definition) is 1. The van der Waals surface area contributed by atoms with E-state index >= 15 is 0 Å². The molecular weight excluding hydrogens is 468 g/mol. The van der Waals surface area contributed by atoms with Gasteiger partial charge in [-0.15, -0.1) is 21.5 Å². The van der Waals surface area contributed by atoms with Gasteiger partial charge in [0.05, 0.1) is 11.4 Å². The fourth-order valence-corrected chi connectivity index (χ4v) is 5.29. The summed E-state index contributed by atoms with van der Waals surface area (Å²) in [6.07, 6.45) is 1.56. The molecule has 0 fully saturated rings. The number of thiophene rings is 1. The van der Waals surface area contributed by atoms with Gasteiger partial charge in [-0.05, 0) is 41.6 Å². The van der Waals surface area contributed by atoms with Crippen LogP contribution in [0.5, 0.6) is 5.75 Å². The third-order valence-electron chi connectivity index (χ3n) is 5.44. The van der Waals surface area contributed by atoms with E-state index in [1.165, 1.54) is 22.2 Å². The standard InChI is InChI=1S/C25H22N4O3S2/c30-21(18-8-9-22-20(13-18)26-24(31)15-32-22)16-34-25-28-27-23(14-19-7-4-12-33-19)29(25)11-10-17-5-2-1-3-6-17/h1-9,12-13H,10-11,14-16H2,(H,26,31). The third kappa shape index (κ3) is 5.21. The highest BCUT2D eigenvalue weighted by Crippen LogP contribution is 2.29. The second-order valence-electron chi connectivity index (χ2n) is 7.80. The molecule has 2 aromatic carbocycles. The summed E-state index contributed by atoms with van der Waals surface area (Å²) in [6.45, 7) is 0.721. The number of Topliss-reactive ketones (excluding diaryl/α,β-unsaturated/α-hetero) is 1. The van der Waals surface area contributed by atoms with Crippen molar-refractivity contribution >= 4 is 40.5 Å². The number of nitrogens with one attached hydrogen (secondary N) is 1. The van der Waals surface area contributed by atoms with Gasteiger partial charge in [0.1, 0.15) is 11.6 Å². The number of aryl methyl sites for hydroxylation is 1. The minimum atomic E-state index is -0.226. The Morgan fingerprint density at radius 2 is 2.00 bits per heavy atom. The maximum Gasteiger partial charge on any atom is 0.262 e. The fraction of sp³-hybridized carbons (Fsp3) is 0.200. The molecule has 1 N–H and O–H groups in total. The molecule has 1 aliphatic rings. The Morgan fingerprint density at radius 1 is 1.12 bits per heavy atom. The highest BCUT2D eigenvalue weighted by Gasteiger charge is 2.19. The quantitative estimate of drug-likeness (QED) is 0.275. The van der Waals surface area contributed by atoms with Gasteiger partial charge in [-0.1, -0.05) is 48.2 Å². The molecule has 172 valence electrons. The van der Waals surface area contributed by atoms with Crippen LogP contribution in [0.3, 0.4) is 0 Å². The average Bonchev–Trinajstić information content (AvgIpc) is 3.51. The van der Waals surface area contributed by atoms with Crippen LogP contribution in [0.2, 0.25) is 0 Å². The zero-order valence-electron chi connectivity index (χ0n) is 18.3. The molecule has 1 aliphatic heterocycles. The summed E-state index contributed by atoms with van der Waals surface area (Å²) in [5.41, 5.74) is 2.28. The van der Waals surface area contributed by atoms with E-state index < -0.39 is 0 Å². The Morgan fingerprint density at radius 3 is 2.82 bits per heavy atom. The van der Waals surface area contributed by atoms with Gasteiger partial charge in [0.2, 0.25) is 0 Å². The van der Waals surface area contributed by atoms with Gasteiger partial charge >= 0.3 is 0 Å². The van der Waals surface area contributed by atoms with Crippen molar-refractivity contribution in [3.8, 4) is 5.75 Å². The maximum atomic E-state index is 12.9. The molecule has 4 aromatic rings. The second-order valence-corrected chi connectivity index (χ2v) is 9.78. The second kappa shape index (κ2) is 10.2. The number of aromatic nitrogens is 3. The minimum Gasteiger partial charge on any atom is -0.482 e. The average molecular weight is 491 g/mol. The summed E-state index contributed by atoms with van der Waals surface area (Å²) in [6, 6.07) is 19.5. The first-order valence-electron chi connectivity index (χ1n) is 10.9. The van der Waals surface area contributed by atoms with Crippen LogP contribution in [-0.2, 0) is 24.2 Å². The van der Waals surface area contributed by atoms with Gasteiger partial charge in [-0.3, -0.25) is 9.59 Å². The first-order valence-corrected chi connectivity index (χ1v) is 12.7. The molecule has 0 aliphatic carbocycles. The minimum absolute atomic E-state index is 0.0113. The number of carbonyl (C=O) groups is 2. The molecule has 0 saturated heterocycles. The fourth-order valence-electron chi connectivity index (χ4n) is 3.71. The van der Waals surface area contributed by atoms with Crippen molar-refractivity contribution < 1.29 is 14.3 Å². The summed E-state index contributed by atoms with van der Waals surface area (Å²) in [5.74, 6) is 1.40. The van der Waals surface area contributed by atoms with Crippen LogP contribution in [-0.4, -0.2) is 38.8 Å². The van der Waals surface area contributed by atoms with Crippen LogP contribution in [0.25, 0.3) is 0 Å². The lowest BCUT2D eigenvalue weighted by atomic mass is 10.1. The van der Waals surface area contributed by atoms with Crippen LogP contribution in [0.15, 0.2) is 71.2 Å². The van der Waals surface area contributed by atoms with Crippen molar-refractivity contribution in [1.29, 1.82) is 0 Å². The highest BCUT2D eigenvalue weighted by atomic mass is 32.2. The SMILES string of the molecule is O=C1COc2ccc(C(=O)CSc3nnc(Cc4cccs4)n3CCc3ccccc3)cc2N1. The molecule has 9 heteroatoms. The molecule has 1 amide bonds. The largest absolute Gasteiger partial charge is 0.482 e. The number of carbonyl (C=O) groups excluding carboxylic acids is 2. The van der Waals surface area contributed by atoms with Crippen LogP contribution in [0.4, 0.5) is 5.69 Å². The van der Waals surface area contributed by atoms with Crippen LogP contribution in [0.1, 0.15) is 26.6 Å². The molecule has 0 spiro atoms. The molecule has 0 saturated carbocycles. The lowest BCUT2D eigenvalue weighted by Gasteiger charge is -2.18. The number of ether oxygens (including phenoxy) is 1. The molecule has 0 atom stereocenters. The van der Waals surface area contributed by atoms with E-state index in [0.717, 1.165) is 23.9 Å². The Bertz CT molecular complexity index is 1300. The zero-order valence-corrected chi connectivity index (χ0v) is 19.9. The third-order valence-corrected chi connectivity index (χ3v) is 7.28. The molecule has 5 rings (SSSR count). The predicted molar refractivity (Wildman–Crippen MR) is 133 cm³/mol. The smallest absolute Gasteiger partial charge is 0.262 e. The maximum absolute atomic E-state index is 12.9. The number of benzene rings is 2. The number of fused-ring (bicyclic) bond motifs is 1. The number of rotatable bonds is 9. The van der Waals surface area contributed by atoms with E-state index in [0.29, 0.717) is 23.4 Å². The Labute approximate surface area is 205 Å². The van der Waals surface area contributed by atoms with Crippen molar-refractivity contribution in [3.05, 3.63) is 87.9 Å². The van der Waals surface area contributed by atoms with Gasteiger partial charge in [0.15, 0.2) is 17.5 Å². The monoisotopic (exact) mass is 490 g/mol. The summed E-state index contributed by atoms with van der Waals surface area (Å²) in [4.78, 5) is 25.7. The van der Waals surface area contributed by atoms with E-state index in [-0.39, 0.29) is 24.1 Å². The summed E-state index contributed by atoms with van der Waals surface area (Å²) < 4.78 is 7.49. The number of amides is 1. The molecule has 2 aromatic heterocycles. The van der Waals surface area contributed by atoms with Crippen molar-refractivity contribution in [1.82, 2.24) is 14.8 Å². The van der Waals surface area contributed by atoms with Crippen LogP contribution >= 0.6 is 23.1 Å². The van der Waals surface area contributed by atoms with Gasteiger partial charge in [0, 0.05) is 23.4 Å². The number of anilines is 1. The van der Waals surface area contributed by atoms with Crippen LogP contribution in [0, 0.1) is 0 Å². The number of ketones is 1. The van der Waals surface area contributed by atoms with E-state index in [1.807, 2.05) is 24.3 Å². The lowest BCUT2D eigenvalue weighted by molar-refractivity contribution is -0.118. The summed E-state index contributed by atoms with van der Waals surface area (Å²) in [5, 5.41) is 14.4.